The van der Waals surface area contributed by atoms with Crippen molar-refractivity contribution in [2.75, 3.05) is 13.7 Å². The van der Waals surface area contributed by atoms with Gasteiger partial charge in [0.2, 0.25) is 0 Å². The molecule has 1 aromatic carbocycles. The van der Waals surface area contributed by atoms with Crippen molar-refractivity contribution >= 4 is 0 Å². The van der Waals surface area contributed by atoms with E-state index in [2.05, 4.69) is 43.4 Å². The highest BCUT2D eigenvalue weighted by Crippen LogP contribution is 2.40. The molecule has 1 N–H and O–H groups in total. The second-order valence-electron chi connectivity index (χ2n) is 5.99. The normalized spacial score (nSPS) is 18.6. The van der Waals surface area contributed by atoms with Crippen molar-refractivity contribution in [3.63, 3.8) is 0 Å². The van der Waals surface area contributed by atoms with Crippen LogP contribution in [-0.4, -0.2) is 19.8 Å². The molecule has 0 bridgehead atoms. The van der Waals surface area contributed by atoms with Crippen molar-refractivity contribution in [1.29, 1.82) is 0 Å². The molecule has 0 aromatic heterocycles. The molecule has 2 unspecified atom stereocenters. The van der Waals surface area contributed by atoms with Gasteiger partial charge in [0, 0.05) is 13.2 Å². The van der Waals surface area contributed by atoms with Crippen LogP contribution in [0.5, 0.6) is 0 Å². The summed E-state index contributed by atoms with van der Waals surface area (Å²) >= 11 is 0. The molecule has 0 spiro atoms. The van der Waals surface area contributed by atoms with E-state index in [-0.39, 0.29) is 0 Å². The largest absolute Gasteiger partial charge is 0.382 e. The summed E-state index contributed by atoms with van der Waals surface area (Å²) < 4.78 is 5.40. The molecule has 20 heavy (non-hydrogen) atoms. The van der Waals surface area contributed by atoms with Crippen LogP contribution in [0.15, 0.2) is 24.3 Å². The van der Waals surface area contributed by atoms with Gasteiger partial charge in [-0.15, -0.1) is 0 Å². The van der Waals surface area contributed by atoms with Gasteiger partial charge in [-0.2, -0.15) is 0 Å². The highest BCUT2D eigenvalue weighted by Gasteiger charge is 2.24. The molecule has 0 aliphatic heterocycles. The van der Waals surface area contributed by atoms with Gasteiger partial charge in [0.15, 0.2) is 0 Å². The average Bonchev–Trinajstić information content (AvgIpc) is 2.42. The lowest BCUT2D eigenvalue weighted by Crippen LogP contribution is -2.25. The number of hydrogen-bond donors (Lipinski definition) is 1. The molecular formula is C18H29NO. The maximum Gasteiger partial charge on any atom is 0.0543 e. The number of ether oxygens (including phenoxy) is 1. The highest BCUT2D eigenvalue weighted by atomic mass is 16.5. The predicted molar refractivity (Wildman–Crippen MR) is 85.2 cm³/mol. The van der Waals surface area contributed by atoms with Crippen molar-refractivity contribution in [2.24, 2.45) is 0 Å². The van der Waals surface area contributed by atoms with Crippen LogP contribution < -0.4 is 5.32 Å². The van der Waals surface area contributed by atoms with E-state index in [0.29, 0.717) is 12.1 Å². The zero-order valence-corrected chi connectivity index (χ0v) is 13.2. The Kier molecular flexibility index (Phi) is 6.06. The maximum absolute atomic E-state index is 5.40. The number of nitrogens with one attached hydrogen (secondary N) is 1. The van der Waals surface area contributed by atoms with Crippen LogP contribution in [0.1, 0.15) is 69.0 Å². The summed E-state index contributed by atoms with van der Waals surface area (Å²) in [7, 11) is 1.80. The molecule has 2 atom stereocenters. The summed E-state index contributed by atoms with van der Waals surface area (Å²) in [6.07, 6.45) is 6.71. The molecule has 0 heterocycles. The van der Waals surface area contributed by atoms with Crippen molar-refractivity contribution in [3.8, 4) is 0 Å². The standard InChI is InChI=1S/C18H29NO/c1-4-19-18(13-12-14(2)20-3)17-11-6-5-10-16(17)15-8-7-9-15/h5-6,10-11,14-15,18-19H,4,7-9,12-13H2,1-3H3. The average molecular weight is 275 g/mol. The summed E-state index contributed by atoms with van der Waals surface area (Å²) in [6, 6.07) is 9.50. The van der Waals surface area contributed by atoms with Gasteiger partial charge >= 0.3 is 0 Å². The Hall–Kier alpha value is -0.860. The molecule has 2 nitrogen and oxygen atoms in total. The van der Waals surface area contributed by atoms with Crippen molar-refractivity contribution < 1.29 is 4.74 Å². The molecule has 1 saturated carbocycles. The second kappa shape index (κ2) is 7.80. The smallest absolute Gasteiger partial charge is 0.0543 e. The Morgan fingerprint density at radius 1 is 1.25 bits per heavy atom. The molecule has 0 saturated heterocycles. The number of benzene rings is 1. The molecule has 2 heteroatoms. The van der Waals surface area contributed by atoms with Crippen LogP contribution in [0.2, 0.25) is 0 Å². The van der Waals surface area contributed by atoms with Gasteiger partial charge in [-0.3, -0.25) is 0 Å². The Bertz CT molecular complexity index is 400. The molecule has 2 rings (SSSR count). The summed E-state index contributed by atoms with van der Waals surface area (Å²) in [4.78, 5) is 0. The maximum atomic E-state index is 5.40. The van der Waals surface area contributed by atoms with Crippen molar-refractivity contribution in [2.45, 2.75) is 64.0 Å². The topological polar surface area (TPSA) is 21.3 Å². The quantitative estimate of drug-likeness (QED) is 0.758. The number of rotatable bonds is 8. The van der Waals surface area contributed by atoms with Crippen molar-refractivity contribution in [1.82, 2.24) is 5.32 Å². The van der Waals surface area contributed by atoms with E-state index < -0.39 is 0 Å². The first-order chi connectivity index (χ1) is 9.76. The summed E-state index contributed by atoms with van der Waals surface area (Å²) in [5.74, 6) is 0.798. The van der Waals surface area contributed by atoms with Crippen LogP contribution in [0, 0.1) is 0 Å². The van der Waals surface area contributed by atoms with E-state index >= 15 is 0 Å². The first-order valence-corrected chi connectivity index (χ1v) is 8.11. The third-order valence-electron chi connectivity index (χ3n) is 4.63. The fourth-order valence-electron chi connectivity index (χ4n) is 3.05. The molecule has 1 fully saturated rings. The fourth-order valence-corrected chi connectivity index (χ4v) is 3.05. The second-order valence-corrected chi connectivity index (χ2v) is 5.99. The van der Waals surface area contributed by atoms with Crippen LogP contribution in [0.3, 0.4) is 0 Å². The summed E-state index contributed by atoms with van der Waals surface area (Å²) in [6.45, 7) is 5.37. The van der Waals surface area contributed by atoms with E-state index in [1.807, 2.05) is 0 Å². The summed E-state index contributed by atoms with van der Waals surface area (Å²) in [5.41, 5.74) is 3.09. The molecule has 0 radical (unpaired) electrons. The Morgan fingerprint density at radius 2 is 2.00 bits per heavy atom. The number of hydrogen-bond acceptors (Lipinski definition) is 2. The predicted octanol–water partition coefficient (Wildman–Crippen LogP) is 4.42. The van der Waals surface area contributed by atoms with Crippen LogP contribution >= 0.6 is 0 Å². The van der Waals surface area contributed by atoms with Gasteiger partial charge < -0.3 is 10.1 Å². The highest BCUT2D eigenvalue weighted by molar-refractivity contribution is 5.34. The van der Waals surface area contributed by atoms with Gasteiger partial charge in [-0.25, -0.2) is 0 Å². The van der Waals surface area contributed by atoms with Gasteiger partial charge in [0.1, 0.15) is 0 Å². The van der Waals surface area contributed by atoms with E-state index in [1.54, 1.807) is 12.7 Å². The molecular weight excluding hydrogens is 246 g/mol. The van der Waals surface area contributed by atoms with Crippen molar-refractivity contribution in [3.05, 3.63) is 35.4 Å². The molecule has 0 amide bonds. The van der Waals surface area contributed by atoms with Gasteiger partial charge in [0.05, 0.1) is 6.10 Å². The Balaban J connectivity index is 2.11. The van der Waals surface area contributed by atoms with Gasteiger partial charge in [0.25, 0.3) is 0 Å². The van der Waals surface area contributed by atoms with E-state index in [4.69, 9.17) is 4.74 Å². The van der Waals surface area contributed by atoms with Crippen LogP contribution in [0.25, 0.3) is 0 Å². The minimum Gasteiger partial charge on any atom is -0.382 e. The Labute approximate surface area is 123 Å². The van der Waals surface area contributed by atoms with Crippen LogP contribution in [0.4, 0.5) is 0 Å². The van der Waals surface area contributed by atoms with E-state index in [0.717, 1.165) is 25.3 Å². The van der Waals surface area contributed by atoms with E-state index in [9.17, 15) is 0 Å². The lowest BCUT2D eigenvalue weighted by atomic mass is 9.76. The van der Waals surface area contributed by atoms with E-state index in [1.165, 1.54) is 24.8 Å². The Morgan fingerprint density at radius 3 is 2.60 bits per heavy atom. The third-order valence-corrected chi connectivity index (χ3v) is 4.63. The zero-order valence-electron chi connectivity index (χ0n) is 13.2. The minimum absolute atomic E-state index is 0.340. The monoisotopic (exact) mass is 275 g/mol. The summed E-state index contributed by atoms with van der Waals surface area (Å²) in [5, 5.41) is 3.67. The first kappa shape index (κ1) is 15.5. The molecule has 112 valence electrons. The molecule has 1 aliphatic rings. The molecule has 1 aromatic rings. The fraction of sp³-hybridized carbons (Fsp3) is 0.667. The zero-order chi connectivity index (χ0) is 14.4. The SMILES string of the molecule is CCNC(CCC(C)OC)c1ccccc1C1CCC1. The van der Waals surface area contributed by atoms with Gasteiger partial charge in [-0.1, -0.05) is 37.6 Å². The molecule has 1 aliphatic carbocycles. The lowest BCUT2D eigenvalue weighted by Gasteiger charge is -2.31. The third kappa shape index (κ3) is 3.83. The first-order valence-electron chi connectivity index (χ1n) is 8.11. The van der Waals surface area contributed by atoms with Gasteiger partial charge in [-0.05, 0) is 56.2 Å². The number of methoxy groups -OCH3 is 1. The lowest BCUT2D eigenvalue weighted by molar-refractivity contribution is 0.106. The van der Waals surface area contributed by atoms with Crippen LogP contribution in [-0.2, 0) is 4.74 Å². The minimum atomic E-state index is 0.340.